The van der Waals surface area contributed by atoms with Gasteiger partial charge in [-0.05, 0) is 17.7 Å². The average Bonchev–Trinajstić information content (AvgIpc) is 2.67. The Balaban J connectivity index is 2.46. The molecule has 0 amide bonds. The highest BCUT2D eigenvalue weighted by atomic mass is 35.7. The van der Waals surface area contributed by atoms with Crippen molar-refractivity contribution in [3.8, 4) is 11.1 Å². The van der Waals surface area contributed by atoms with Gasteiger partial charge in [-0.3, -0.25) is 4.98 Å². The van der Waals surface area contributed by atoms with Crippen LogP contribution in [0.3, 0.4) is 0 Å². The van der Waals surface area contributed by atoms with E-state index < -0.39 is 9.05 Å². The van der Waals surface area contributed by atoms with Gasteiger partial charge in [0.2, 0.25) is 0 Å². The number of hydrogen-bond donors (Lipinski definition) is 0. The molecule has 3 nitrogen and oxygen atoms in total. The second kappa shape index (κ2) is 3.92. The van der Waals surface area contributed by atoms with E-state index in [9.17, 15) is 8.42 Å². The third-order valence-corrected chi connectivity index (χ3v) is 4.85. The Kier molecular flexibility index (Phi) is 2.77. The fraction of sp³-hybridized carbons (Fsp3) is 0. The summed E-state index contributed by atoms with van der Waals surface area (Å²) >= 11 is 1.10. The first-order valence-electron chi connectivity index (χ1n) is 4.01. The minimum Gasteiger partial charge on any atom is -0.264 e. The molecule has 0 aliphatic heterocycles. The van der Waals surface area contributed by atoms with Crippen LogP contribution >= 0.6 is 22.0 Å². The van der Waals surface area contributed by atoms with Crippen molar-refractivity contribution >= 4 is 31.1 Å². The maximum Gasteiger partial charge on any atom is 0.270 e. The molecule has 0 saturated carbocycles. The summed E-state index contributed by atoms with van der Waals surface area (Å²) in [6.45, 7) is 0. The van der Waals surface area contributed by atoms with Crippen molar-refractivity contribution in [2.24, 2.45) is 0 Å². The van der Waals surface area contributed by atoms with Gasteiger partial charge in [0.15, 0.2) is 0 Å². The Hall–Kier alpha value is -0.910. The number of hydrogen-bond acceptors (Lipinski definition) is 4. The highest BCUT2D eigenvalue weighted by molar-refractivity contribution is 8.15. The van der Waals surface area contributed by atoms with Crippen LogP contribution in [-0.2, 0) is 9.05 Å². The van der Waals surface area contributed by atoms with Crippen LogP contribution < -0.4 is 0 Å². The Morgan fingerprint density at radius 3 is 2.67 bits per heavy atom. The lowest BCUT2D eigenvalue weighted by atomic mass is 10.2. The minimum atomic E-state index is -3.62. The molecule has 0 aliphatic carbocycles. The number of rotatable bonds is 2. The van der Waals surface area contributed by atoms with Gasteiger partial charge >= 0.3 is 0 Å². The van der Waals surface area contributed by atoms with E-state index in [0.29, 0.717) is 0 Å². The zero-order valence-electron chi connectivity index (χ0n) is 7.42. The Morgan fingerprint density at radius 1 is 1.33 bits per heavy atom. The van der Waals surface area contributed by atoms with E-state index >= 15 is 0 Å². The summed E-state index contributed by atoms with van der Waals surface area (Å²) in [4.78, 5) is 3.95. The summed E-state index contributed by atoms with van der Waals surface area (Å²) < 4.78 is 22.2. The Morgan fingerprint density at radius 2 is 2.13 bits per heavy atom. The Labute approximate surface area is 95.8 Å². The zero-order valence-corrected chi connectivity index (χ0v) is 9.81. The molecule has 0 bridgehead atoms. The lowest BCUT2D eigenvalue weighted by Crippen LogP contribution is -1.84. The van der Waals surface area contributed by atoms with Gasteiger partial charge in [0, 0.05) is 34.0 Å². The second-order valence-electron chi connectivity index (χ2n) is 2.83. The molecule has 78 valence electrons. The van der Waals surface area contributed by atoms with Crippen molar-refractivity contribution in [3.63, 3.8) is 0 Å². The highest BCUT2D eigenvalue weighted by Crippen LogP contribution is 2.29. The summed E-state index contributed by atoms with van der Waals surface area (Å²) in [6.07, 6.45) is 3.34. The van der Waals surface area contributed by atoms with Gasteiger partial charge in [-0.15, -0.1) is 11.3 Å². The van der Waals surface area contributed by atoms with E-state index in [-0.39, 0.29) is 4.21 Å². The monoisotopic (exact) mass is 259 g/mol. The lowest BCUT2D eigenvalue weighted by Gasteiger charge is -1.93. The second-order valence-corrected chi connectivity index (χ2v) is 6.54. The summed E-state index contributed by atoms with van der Waals surface area (Å²) in [5.74, 6) is 0. The van der Waals surface area contributed by atoms with Crippen molar-refractivity contribution in [2.75, 3.05) is 0 Å². The van der Waals surface area contributed by atoms with E-state index in [4.69, 9.17) is 10.7 Å². The first-order valence-corrected chi connectivity index (χ1v) is 7.20. The molecule has 2 aromatic rings. The van der Waals surface area contributed by atoms with Gasteiger partial charge in [-0.1, -0.05) is 6.07 Å². The molecular formula is C9H6ClNO2S2. The van der Waals surface area contributed by atoms with Gasteiger partial charge in [-0.25, -0.2) is 8.42 Å². The summed E-state index contributed by atoms with van der Waals surface area (Å²) in [7, 11) is 1.61. The van der Waals surface area contributed by atoms with Crippen LogP contribution in [0.2, 0.25) is 0 Å². The van der Waals surface area contributed by atoms with Crippen molar-refractivity contribution < 1.29 is 8.42 Å². The SMILES string of the molecule is O=S(=O)(Cl)c1cc(-c2cccnc2)cs1. The van der Waals surface area contributed by atoms with Crippen LogP contribution in [0, 0.1) is 0 Å². The summed E-state index contributed by atoms with van der Waals surface area (Å²) in [6, 6.07) is 5.20. The fourth-order valence-electron chi connectivity index (χ4n) is 1.13. The topological polar surface area (TPSA) is 47.0 Å². The number of halogens is 1. The van der Waals surface area contributed by atoms with Gasteiger partial charge in [0.05, 0.1) is 0 Å². The average molecular weight is 260 g/mol. The quantitative estimate of drug-likeness (QED) is 0.779. The first kappa shape index (κ1) is 10.6. The van der Waals surface area contributed by atoms with Crippen LogP contribution in [0.15, 0.2) is 40.2 Å². The molecule has 6 heteroatoms. The predicted octanol–water partition coefficient (Wildman–Crippen LogP) is 2.74. The van der Waals surface area contributed by atoms with E-state index in [1.54, 1.807) is 29.9 Å². The molecule has 0 fully saturated rings. The van der Waals surface area contributed by atoms with Crippen LogP contribution in [-0.4, -0.2) is 13.4 Å². The van der Waals surface area contributed by atoms with Crippen molar-refractivity contribution in [3.05, 3.63) is 36.0 Å². The molecule has 0 saturated heterocycles. The van der Waals surface area contributed by atoms with Gasteiger partial charge in [-0.2, -0.15) is 0 Å². The minimum absolute atomic E-state index is 0.156. The van der Waals surface area contributed by atoms with Crippen LogP contribution in [0.25, 0.3) is 11.1 Å². The Bertz CT molecular complexity index is 563. The number of aromatic nitrogens is 1. The molecular weight excluding hydrogens is 254 g/mol. The van der Waals surface area contributed by atoms with Gasteiger partial charge < -0.3 is 0 Å². The summed E-state index contributed by atoms with van der Waals surface area (Å²) in [5.41, 5.74) is 1.69. The molecule has 0 N–H and O–H groups in total. The molecule has 0 unspecified atom stereocenters. The van der Waals surface area contributed by atoms with Crippen LogP contribution in [0.5, 0.6) is 0 Å². The molecule has 0 atom stereocenters. The smallest absolute Gasteiger partial charge is 0.264 e. The molecule has 2 heterocycles. The molecule has 0 radical (unpaired) electrons. The molecule has 0 aromatic carbocycles. The maximum absolute atomic E-state index is 11.0. The number of nitrogens with zero attached hydrogens (tertiary/aromatic N) is 1. The molecule has 0 spiro atoms. The maximum atomic E-state index is 11.0. The largest absolute Gasteiger partial charge is 0.270 e. The van der Waals surface area contributed by atoms with E-state index in [0.717, 1.165) is 22.5 Å². The van der Waals surface area contributed by atoms with Crippen molar-refractivity contribution in [1.29, 1.82) is 0 Å². The number of pyridine rings is 1. The molecule has 2 aromatic heterocycles. The first-order chi connectivity index (χ1) is 7.07. The standard InChI is InChI=1S/C9H6ClNO2S2/c10-15(12,13)9-4-8(6-14-9)7-2-1-3-11-5-7/h1-6H. The lowest BCUT2D eigenvalue weighted by molar-refractivity contribution is 0.611. The highest BCUT2D eigenvalue weighted by Gasteiger charge is 2.13. The van der Waals surface area contributed by atoms with E-state index in [1.165, 1.54) is 0 Å². The van der Waals surface area contributed by atoms with Crippen LogP contribution in [0.1, 0.15) is 0 Å². The molecule has 15 heavy (non-hydrogen) atoms. The van der Waals surface area contributed by atoms with Gasteiger partial charge in [0.25, 0.3) is 9.05 Å². The van der Waals surface area contributed by atoms with Gasteiger partial charge in [0.1, 0.15) is 4.21 Å². The summed E-state index contributed by atoms with van der Waals surface area (Å²) in [5, 5.41) is 1.74. The van der Waals surface area contributed by atoms with Crippen LogP contribution in [0.4, 0.5) is 0 Å². The third kappa shape index (κ3) is 2.37. The number of thiophene rings is 1. The fourth-order valence-corrected chi connectivity index (χ4v) is 3.10. The molecule has 2 rings (SSSR count). The van der Waals surface area contributed by atoms with E-state index in [2.05, 4.69) is 4.98 Å². The normalized spacial score (nSPS) is 11.5. The van der Waals surface area contributed by atoms with Crippen molar-refractivity contribution in [2.45, 2.75) is 4.21 Å². The zero-order chi connectivity index (χ0) is 10.9. The third-order valence-electron chi connectivity index (χ3n) is 1.81. The van der Waals surface area contributed by atoms with Crippen molar-refractivity contribution in [1.82, 2.24) is 4.98 Å². The molecule has 0 aliphatic rings. The predicted molar refractivity (Wildman–Crippen MR) is 60.6 cm³/mol. The van der Waals surface area contributed by atoms with E-state index in [1.807, 2.05) is 6.07 Å².